The third-order valence-electron chi connectivity index (χ3n) is 2.47. The van der Waals surface area contributed by atoms with Crippen LogP contribution in [0.2, 0.25) is 0 Å². The summed E-state index contributed by atoms with van der Waals surface area (Å²) in [7, 11) is -3.96. The molecule has 0 aliphatic carbocycles. The van der Waals surface area contributed by atoms with Gasteiger partial charge in [0.1, 0.15) is 0 Å². The van der Waals surface area contributed by atoms with Crippen LogP contribution in [0.4, 0.5) is 13.2 Å². The molecule has 0 radical (unpaired) electrons. The first-order valence-electron chi connectivity index (χ1n) is 5.64. The lowest BCUT2D eigenvalue weighted by molar-refractivity contribution is -0.137. The zero-order valence-corrected chi connectivity index (χ0v) is 11.5. The fourth-order valence-corrected chi connectivity index (χ4v) is 2.45. The minimum absolute atomic E-state index is 0.0583. The van der Waals surface area contributed by atoms with Crippen LogP contribution in [0.3, 0.4) is 0 Å². The number of aryl methyl sites for hydroxylation is 1. The van der Waals surface area contributed by atoms with E-state index in [-0.39, 0.29) is 17.3 Å². The number of hydrogen-bond acceptors (Lipinski definition) is 5. The lowest BCUT2D eigenvalue weighted by Gasteiger charge is -2.08. The van der Waals surface area contributed by atoms with Gasteiger partial charge in [-0.25, -0.2) is 13.1 Å². The highest BCUT2D eigenvalue weighted by atomic mass is 32.2. The van der Waals surface area contributed by atoms with E-state index in [4.69, 9.17) is 4.52 Å². The van der Waals surface area contributed by atoms with Crippen LogP contribution in [-0.4, -0.2) is 18.6 Å². The van der Waals surface area contributed by atoms with Crippen molar-refractivity contribution in [1.29, 1.82) is 0 Å². The molecule has 0 spiro atoms. The molecule has 1 aromatic heterocycles. The molecular weight excluding hydrogens is 311 g/mol. The van der Waals surface area contributed by atoms with E-state index in [0.29, 0.717) is 18.0 Å². The minimum atomic E-state index is -4.52. The first-order chi connectivity index (χ1) is 9.68. The van der Waals surface area contributed by atoms with Gasteiger partial charge in [-0.15, -0.1) is 0 Å². The Hall–Kier alpha value is -1.94. The SMILES string of the molecule is Cc1noc(CNS(=O)(=O)c2ccc(C(F)(F)F)cc2)n1. The summed E-state index contributed by atoms with van der Waals surface area (Å²) in [6.45, 7) is 1.32. The predicted molar refractivity (Wildman–Crippen MR) is 64.5 cm³/mol. The van der Waals surface area contributed by atoms with Crippen LogP contribution < -0.4 is 4.72 Å². The zero-order valence-electron chi connectivity index (χ0n) is 10.7. The van der Waals surface area contributed by atoms with Gasteiger partial charge < -0.3 is 4.52 Å². The molecule has 0 aliphatic heterocycles. The number of alkyl halides is 3. The number of sulfonamides is 1. The van der Waals surface area contributed by atoms with Crippen LogP contribution in [0.15, 0.2) is 33.7 Å². The smallest absolute Gasteiger partial charge is 0.338 e. The molecule has 0 amide bonds. The van der Waals surface area contributed by atoms with Crippen molar-refractivity contribution in [2.45, 2.75) is 24.5 Å². The molecule has 0 atom stereocenters. The van der Waals surface area contributed by atoms with Crippen LogP contribution in [0.1, 0.15) is 17.3 Å². The van der Waals surface area contributed by atoms with Crippen molar-refractivity contribution in [3.63, 3.8) is 0 Å². The highest BCUT2D eigenvalue weighted by Crippen LogP contribution is 2.29. The summed E-state index contributed by atoms with van der Waals surface area (Å²) in [6.07, 6.45) is -4.52. The van der Waals surface area contributed by atoms with Gasteiger partial charge in [0.25, 0.3) is 0 Å². The number of nitrogens with zero attached hydrogens (tertiary/aromatic N) is 2. The van der Waals surface area contributed by atoms with Crippen molar-refractivity contribution in [2.75, 3.05) is 0 Å². The maximum atomic E-state index is 12.4. The van der Waals surface area contributed by atoms with Crippen LogP contribution >= 0.6 is 0 Å². The Bertz CT molecular complexity index is 723. The van der Waals surface area contributed by atoms with Crippen molar-refractivity contribution in [3.05, 3.63) is 41.5 Å². The third-order valence-corrected chi connectivity index (χ3v) is 3.89. The summed E-state index contributed by atoms with van der Waals surface area (Å²) in [5.41, 5.74) is -0.922. The Labute approximate surface area is 118 Å². The number of nitrogens with one attached hydrogen (secondary N) is 1. The van der Waals surface area contributed by atoms with Crippen molar-refractivity contribution in [3.8, 4) is 0 Å². The minimum Gasteiger partial charge on any atom is -0.338 e. The summed E-state index contributed by atoms with van der Waals surface area (Å²) in [5.74, 6) is 0.404. The Balaban J connectivity index is 2.12. The molecule has 10 heteroatoms. The van der Waals surface area contributed by atoms with E-state index < -0.39 is 21.8 Å². The highest BCUT2D eigenvalue weighted by molar-refractivity contribution is 7.89. The van der Waals surface area contributed by atoms with E-state index in [2.05, 4.69) is 14.9 Å². The normalized spacial score (nSPS) is 12.6. The molecule has 0 fully saturated rings. The zero-order chi connectivity index (χ0) is 15.7. The molecule has 21 heavy (non-hydrogen) atoms. The number of benzene rings is 1. The van der Waals surface area contributed by atoms with Gasteiger partial charge in [-0.1, -0.05) is 5.16 Å². The van der Waals surface area contributed by atoms with Gasteiger partial charge >= 0.3 is 6.18 Å². The first-order valence-corrected chi connectivity index (χ1v) is 7.13. The van der Waals surface area contributed by atoms with Gasteiger partial charge in [0.05, 0.1) is 17.0 Å². The lowest BCUT2D eigenvalue weighted by Crippen LogP contribution is -2.23. The maximum Gasteiger partial charge on any atom is 0.416 e. The van der Waals surface area contributed by atoms with Gasteiger partial charge in [0, 0.05) is 0 Å². The molecule has 6 nitrogen and oxygen atoms in total. The van der Waals surface area contributed by atoms with Gasteiger partial charge in [-0.2, -0.15) is 18.2 Å². The summed E-state index contributed by atoms with van der Waals surface area (Å²) < 4.78 is 67.8. The van der Waals surface area contributed by atoms with E-state index >= 15 is 0 Å². The van der Waals surface area contributed by atoms with Crippen molar-refractivity contribution < 1.29 is 26.1 Å². The summed E-state index contributed by atoms with van der Waals surface area (Å²) in [5, 5.41) is 3.48. The van der Waals surface area contributed by atoms with Crippen LogP contribution in [0.5, 0.6) is 0 Å². The van der Waals surface area contributed by atoms with Crippen molar-refractivity contribution in [2.24, 2.45) is 0 Å². The Kier molecular flexibility index (Phi) is 4.01. The molecule has 0 aliphatic rings. The van der Waals surface area contributed by atoms with E-state index in [0.717, 1.165) is 12.1 Å². The standard InChI is InChI=1S/C11H10F3N3O3S/c1-7-16-10(20-17-7)6-15-21(18,19)9-4-2-8(3-5-9)11(12,13)14/h2-5,15H,6H2,1H3. The third kappa shape index (κ3) is 3.79. The average molecular weight is 321 g/mol. The lowest BCUT2D eigenvalue weighted by atomic mass is 10.2. The number of hydrogen-bond donors (Lipinski definition) is 1. The predicted octanol–water partition coefficient (Wildman–Crippen LogP) is 1.88. The molecule has 1 heterocycles. The fourth-order valence-electron chi connectivity index (χ4n) is 1.47. The Morgan fingerprint density at radius 3 is 2.33 bits per heavy atom. The van der Waals surface area contributed by atoms with Gasteiger partial charge in [0.15, 0.2) is 5.82 Å². The summed E-state index contributed by atoms with van der Waals surface area (Å²) in [6, 6.07) is 3.16. The molecule has 2 aromatic rings. The molecule has 2 rings (SSSR count). The van der Waals surface area contributed by atoms with Crippen LogP contribution in [-0.2, 0) is 22.7 Å². The summed E-state index contributed by atoms with van der Waals surface area (Å²) in [4.78, 5) is 3.51. The van der Waals surface area contributed by atoms with Crippen LogP contribution in [0, 0.1) is 6.92 Å². The molecule has 0 unspecified atom stereocenters. The van der Waals surface area contributed by atoms with Gasteiger partial charge in [-0.05, 0) is 31.2 Å². The van der Waals surface area contributed by atoms with E-state index in [1.165, 1.54) is 0 Å². The van der Waals surface area contributed by atoms with E-state index in [1.807, 2.05) is 0 Å². The van der Waals surface area contributed by atoms with Crippen LogP contribution in [0.25, 0.3) is 0 Å². The molecule has 0 saturated carbocycles. The topological polar surface area (TPSA) is 85.1 Å². The Morgan fingerprint density at radius 2 is 1.86 bits per heavy atom. The first kappa shape index (κ1) is 15.4. The molecule has 0 bridgehead atoms. The maximum absolute atomic E-state index is 12.4. The molecule has 0 saturated heterocycles. The largest absolute Gasteiger partial charge is 0.416 e. The number of halogens is 3. The highest BCUT2D eigenvalue weighted by Gasteiger charge is 2.30. The van der Waals surface area contributed by atoms with E-state index in [9.17, 15) is 21.6 Å². The fraction of sp³-hybridized carbons (Fsp3) is 0.273. The average Bonchev–Trinajstić information content (AvgIpc) is 2.82. The second-order valence-corrected chi connectivity index (χ2v) is 5.85. The summed E-state index contributed by atoms with van der Waals surface area (Å²) >= 11 is 0. The quantitative estimate of drug-likeness (QED) is 0.929. The molecular formula is C11H10F3N3O3S. The monoisotopic (exact) mass is 321 g/mol. The van der Waals surface area contributed by atoms with Crippen molar-refractivity contribution in [1.82, 2.24) is 14.9 Å². The van der Waals surface area contributed by atoms with Gasteiger partial charge in [-0.3, -0.25) is 0 Å². The molecule has 114 valence electrons. The van der Waals surface area contributed by atoms with E-state index in [1.54, 1.807) is 6.92 Å². The number of rotatable bonds is 4. The Morgan fingerprint density at radius 1 is 1.24 bits per heavy atom. The molecule has 1 aromatic carbocycles. The number of aromatic nitrogens is 2. The van der Waals surface area contributed by atoms with Gasteiger partial charge in [0.2, 0.25) is 15.9 Å². The second-order valence-electron chi connectivity index (χ2n) is 4.08. The second kappa shape index (κ2) is 5.45. The van der Waals surface area contributed by atoms with Crippen molar-refractivity contribution >= 4 is 10.0 Å². The molecule has 1 N–H and O–H groups in total.